The van der Waals surface area contributed by atoms with Gasteiger partial charge in [-0.2, -0.15) is 0 Å². The van der Waals surface area contributed by atoms with Gasteiger partial charge >= 0.3 is 0 Å². The molecule has 0 radical (unpaired) electrons. The first-order valence-corrected chi connectivity index (χ1v) is 4.95. The molecule has 4 nitrogen and oxygen atoms in total. The molecule has 0 fully saturated rings. The predicted molar refractivity (Wildman–Crippen MR) is 61.7 cm³/mol. The van der Waals surface area contributed by atoms with Gasteiger partial charge in [0.25, 0.3) is 5.91 Å². The smallest absolute Gasteiger partial charge is 0.257 e. The SMILES string of the molecule is CC(=O)NC(=O)c1ccc(I)c(N)c1. The number of nitrogens with one attached hydrogen (secondary N) is 1. The van der Waals surface area contributed by atoms with E-state index in [9.17, 15) is 9.59 Å². The molecule has 0 aromatic heterocycles. The van der Waals surface area contributed by atoms with Gasteiger partial charge in [-0.3, -0.25) is 14.9 Å². The van der Waals surface area contributed by atoms with E-state index >= 15 is 0 Å². The zero-order chi connectivity index (χ0) is 10.7. The molecule has 5 heteroatoms. The minimum atomic E-state index is -0.430. The highest BCUT2D eigenvalue weighted by Gasteiger charge is 2.08. The van der Waals surface area contributed by atoms with Crippen LogP contribution in [0.15, 0.2) is 18.2 Å². The molecule has 0 aliphatic carbocycles. The van der Waals surface area contributed by atoms with E-state index in [0.29, 0.717) is 11.3 Å². The van der Waals surface area contributed by atoms with Crippen LogP contribution in [0.2, 0.25) is 0 Å². The van der Waals surface area contributed by atoms with Gasteiger partial charge in [0.05, 0.1) is 0 Å². The standard InChI is InChI=1S/C9H9IN2O2/c1-5(13)12-9(14)6-2-3-7(10)8(11)4-6/h2-4H,11H2,1H3,(H,12,13,14). The van der Waals surface area contributed by atoms with Crippen molar-refractivity contribution in [3.63, 3.8) is 0 Å². The van der Waals surface area contributed by atoms with Crippen molar-refractivity contribution >= 4 is 40.1 Å². The first kappa shape index (κ1) is 11.0. The summed E-state index contributed by atoms with van der Waals surface area (Å²) in [4.78, 5) is 21.9. The van der Waals surface area contributed by atoms with Crippen molar-refractivity contribution in [3.8, 4) is 0 Å². The molecular weight excluding hydrogens is 295 g/mol. The Morgan fingerprint density at radius 2 is 2.07 bits per heavy atom. The molecule has 14 heavy (non-hydrogen) atoms. The molecular formula is C9H9IN2O2. The van der Waals surface area contributed by atoms with E-state index in [2.05, 4.69) is 27.9 Å². The Labute approximate surface area is 95.0 Å². The van der Waals surface area contributed by atoms with E-state index < -0.39 is 5.91 Å². The Balaban J connectivity index is 2.91. The minimum Gasteiger partial charge on any atom is -0.398 e. The van der Waals surface area contributed by atoms with Crippen LogP contribution in [0, 0.1) is 3.57 Å². The van der Waals surface area contributed by atoms with Crippen molar-refractivity contribution in [1.82, 2.24) is 5.32 Å². The third-order valence-corrected chi connectivity index (χ3v) is 2.53. The molecule has 0 heterocycles. The highest BCUT2D eigenvalue weighted by Crippen LogP contribution is 2.15. The second-order valence-electron chi connectivity index (χ2n) is 2.75. The summed E-state index contributed by atoms with van der Waals surface area (Å²) in [6.45, 7) is 1.29. The number of nitrogens with two attached hydrogens (primary N) is 1. The van der Waals surface area contributed by atoms with Crippen molar-refractivity contribution in [3.05, 3.63) is 27.3 Å². The quantitative estimate of drug-likeness (QED) is 0.604. The molecule has 74 valence electrons. The van der Waals surface area contributed by atoms with E-state index in [0.717, 1.165) is 3.57 Å². The molecule has 0 saturated heterocycles. The van der Waals surface area contributed by atoms with Gasteiger partial charge in [-0.25, -0.2) is 0 Å². The molecule has 1 aromatic carbocycles. The zero-order valence-corrected chi connectivity index (χ0v) is 9.66. The van der Waals surface area contributed by atoms with Crippen molar-refractivity contribution < 1.29 is 9.59 Å². The lowest BCUT2D eigenvalue weighted by Gasteiger charge is -2.03. The molecule has 1 rings (SSSR count). The third kappa shape index (κ3) is 2.69. The first-order valence-electron chi connectivity index (χ1n) is 3.87. The lowest BCUT2D eigenvalue weighted by atomic mass is 10.2. The van der Waals surface area contributed by atoms with Gasteiger partial charge in [-0.05, 0) is 40.8 Å². The molecule has 3 N–H and O–H groups in total. The van der Waals surface area contributed by atoms with Gasteiger partial charge in [0, 0.05) is 21.7 Å². The number of imide groups is 1. The third-order valence-electron chi connectivity index (χ3n) is 1.55. The molecule has 0 atom stereocenters. The zero-order valence-electron chi connectivity index (χ0n) is 7.50. The van der Waals surface area contributed by atoms with Crippen LogP contribution in [0.3, 0.4) is 0 Å². The number of carbonyl (C=O) groups excluding carboxylic acids is 2. The maximum atomic E-state index is 11.3. The van der Waals surface area contributed by atoms with Gasteiger partial charge in [0.15, 0.2) is 0 Å². The Kier molecular flexibility index (Phi) is 3.45. The lowest BCUT2D eigenvalue weighted by Crippen LogP contribution is -2.27. The molecule has 1 aromatic rings. The summed E-state index contributed by atoms with van der Waals surface area (Å²) in [6.07, 6.45) is 0. The van der Waals surface area contributed by atoms with Crippen LogP contribution >= 0.6 is 22.6 Å². The Morgan fingerprint density at radius 1 is 1.43 bits per heavy atom. The van der Waals surface area contributed by atoms with Crippen molar-refractivity contribution in [2.75, 3.05) is 5.73 Å². The van der Waals surface area contributed by atoms with Gasteiger partial charge in [0.2, 0.25) is 5.91 Å². The van der Waals surface area contributed by atoms with Gasteiger partial charge in [-0.1, -0.05) is 0 Å². The number of rotatable bonds is 1. The summed E-state index contributed by atoms with van der Waals surface area (Å²) in [5.41, 5.74) is 6.53. The Bertz CT molecular complexity index is 390. The van der Waals surface area contributed by atoms with E-state index in [-0.39, 0.29) is 5.91 Å². The minimum absolute atomic E-state index is 0.382. The highest BCUT2D eigenvalue weighted by molar-refractivity contribution is 14.1. The average molecular weight is 304 g/mol. The second kappa shape index (κ2) is 4.41. The monoisotopic (exact) mass is 304 g/mol. The molecule has 0 bridgehead atoms. The number of hydrogen-bond acceptors (Lipinski definition) is 3. The van der Waals surface area contributed by atoms with Crippen LogP contribution in [0.1, 0.15) is 17.3 Å². The number of halogens is 1. The van der Waals surface area contributed by atoms with Crippen LogP contribution in [-0.4, -0.2) is 11.8 Å². The summed E-state index contributed by atoms with van der Waals surface area (Å²) in [5.74, 6) is -0.812. The molecule has 0 saturated carbocycles. The predicted octanol–water partition coefficient (Wildman–Crippen LogP) is 1.15. The maximum Gasteiger partial charge on any atom is 0.257 e. The number of anilines is 1. The summed E-state index contributed by atoms with van der Waals surface area (Å²) in [7, 11) is 0. The van der Waals surface area contributed by atoms with Crippen molar-refractivity contribution in [2.24, 2.45) is 0 Å². The van der Waals surface area contributed by atoms with Crippen molar-refractivity contribution in [1.29, 1.82) is 0 Å². The van der Waals surface area contributed by atoms with Crippen molar-refractivity contribution in [2.45, 2.75) is 6.92 Å². The molecule has 0 unspecified atom stereocenters. The van der Waals surface area contributed by atoms with Crippen LogP contribution in [-0.2, 0) is 4.79 Å². The fourth-order valence-electron chi connectivity index (χ4n) is 0.917. The largest absolute Gasteiger partial charge is 0.398 e. The fraction of sp³-hybridized carbons (Fsp3) is 0.111. The molecule has 2 amide bonds. The Hall–Kier alpha value is -1.11. The number of nitrogen functional groups attached to an aromatic ring is 1. The second-order valence-corrected chi connectivity index (χ2v) is 3.91. The van der Waals surface area contributed by atoms with Crippen LogP contribution in [0.25, 0.3) is 0 Å². The average Bonchev–Trinajstić information content (AvgIpc) is 2.08. The van der Waals surface area contributed by atoms with E-state index in [4.69, 9.17) is 5.73 Å². The normalized spacial score (nSPS) is 9.57. The number of carbonyl (C=O) groups is 2. The van der Waals surface area contributed by atoms with Crippen LogP contribution in [0.5, 0.6) is 0 Å². The van der Waals surface area contributed by atoms with Gasteiger partial charge < -0.3 is 5.73 Å². The molecule has 0 aliphatic heterocycles. The number of hydrogen-bond donors (Lipinski definition) is 2. The first-order chi connectivity index (χ1) is 6.50. The maximum absolute atomic E-state index is 11.3. The topological polar surface area (TPSA) is 72.2 Å². The van der Waals surface area contributed by atoms with E-state index in [1.165, 1.54) is 6.92 Å². The highest BCUT2D eigenvalue weighted by atomic mass is 127. The summed E-state index contributed by atoms with van der Waals surface area (Å²) < 4.78 is 0.877. The summed E-state index contributed by atoms with van der Waals surface area (Å²) in [6, 6.07) is 4.89. The molecule has 0 aliphatic rings. The molecule has 0 spiro atoms. The van der Waals surface area contributed by atoms with Gasteiger partial charge in [0.1, 0.15) is 0 Å². The number of amides is 2. The van der Waals surface area contributed by atoms with Gasteiger partial charge in [-0.15, -0.1) is 0 Å². The van der Waals surface area contributed by atoms with E-state index in [1.807, 2.05) is 0 Å². The van der Waals surface area contributed by atoms with Crippen LogP contribution in [0.4, 0.5) is 5.69 Å². The fourth-order valence-corrected chi connectivity index (χ4v) is 1.25. The Morgan fingerprint density at radius 3 is 2.57 bits per heavy atom. The van der Waals surface area contributed by atoms with Crippen LogP contribution < -0.4 is 11.1 Å². The number of benzene rings is 1. The van der Waals surface area contributed by atoms with E-state index in [1.54, 1.807) is 18.2 Å². The summed E-state index contributed by atoms with van der Waals surface area (Å²) >= 11 is 2.07. The summed E-state index contributed by atoms with van der Waals surface area (Å²) in [5, 5.41) is 2.17. The lowest BCUT2D eigenvalue weighted by molar-refractivity contribution is -0.118.